The summed E-state index contributed by atoms with van der Waals surface area (Å²) in [6.45, 7) is 4.03. The smallest absolute Gasteiger partial charge is 0.326 e. The summed E-state index contributed by atoms with van der Waals surface area (Å²) in [6.07, 6.45) is 6.64. The summed E-state index contributed by atoms with van der Waals surface area (Å²) in [6, 6.07) is -6.70. The first-order valence-corrected chi connectivity index (χ1v) is 20.5. The minimum absolute atomic E-state index is 0.0802. The monoisotopic (exact) mass is 854 g/mol. The molecule has 0 aliphatic heterocycles. The van der Waals surface area contributed by atoms with Crippen LogP contribution in [0, 0.1) is 5.92 Å². The van der Waals surface area contributed by atoms with Crippen LogP contribution >= 0.6 is 11.8 Å². The fourth-order valence-corrected chi connectivity index (χ4v) is 5.72. The lowest BCUT2D eigenvalue weighted by atomic mass is 10.0. The third kappa shape index (κ3) is 21.2. The fraction of sp³-hybridized carbons (Fsp3) is 0.657. The largest absolute Gasteiger partial charge is 0.480 e. The number of guanidine groups is 1. The number of amides is 7. The second kappa shape index (κ2) is 28.0. The SMILES string of the molecule is CSCCC(NC(=O)C(CCCCN)NC(=O)C(N)CCCN=C(N)N)C(=O)NC(Cc1cnc[nH]1)C(=O)NCC(=O)NCC(=O)NC(C)C(=O)NC(C(=O)O)C(C)C. The number of aromatic amines is 1. The molecule has 1 aromatic heterocycles. The Kier molecular flexibility index (Phi) is 24.5. The summed E-state index contributed by atoms with van der Waals surface area (Å²) in [4.78, 5) is 113. The Labute approximate surface area is 347 Å². The normalized spacial score (nSPS) is 13.9. The van der Waals surface area contributed by atoms with Gasteiger partial charge in [0.1, 0.15) is 30.2 Å². The fourth-order valence-electron chi connectivity index (χ4n) is 5.25. The van der Waals surface area contributed by atoms with Gasteiger partial charge in [0.25, 0.3) is 0 Å². The molecule has 332 valence electrons. The van der Waals surface area contributed by atoms with Gasteiger partial charge in [-0.3, -0.25) is 38.6 Å². The summed E-state index contributed by atoms with van der Waals surface area (Å²) in [5.74, 6) is -6.26. The molecule has 24 heteroatoms. The van der Waals surface area contributed by atoms with E-state index in [1.54, 1.807) is 13.8 Å². The van der Waals surface area contributed by atoms with Crippen LogP contribution in [0.25, 0.3) is 0 Å². The highest BCUT2D eigenvalue weighted by Crippen LogP contribution is 2.08. The average molecular weight is 855 g/mol. The number of aliphatic carboxylic acids is 1. The van der Waals surface area contributed by atoms with Crippen molar-refractivity contribution >= 4 is 65.0 Å². The van der Waals surface area contributed by atoms with Crippen molar-refractivity contribution in [3.05, 3.63) is 18.2 Å². The second-order valence-electron chi connectivity index (χ2n) is 13.9. The standard InChI is InChI=1S/C35H62N14O9S/c1-19(2)28(34(57)58)49-29(52)20(3)45-27(51)17-42-26(50)16-43-31(54)25(14-21-15-40-18-44-21)48-33(56)24(10-13-59-4)47-32(55)23(9-5-6-11-36)46-30(53)22(37)8-7-12-41-35(38)39/h15,18-20,22-25,28H,5-14,16-17,36-37H2,1-4H3,(H,40,44)(H,42,50)(H,43,54)(H,45,51)(H,46,53)(H,47,55)(H,48,56)(H,49,52)(H,57,58)(H4,38,39,41). The molecule has 0 saturated carbocycles. The number of carbonyl (C=O) groups excluding carboxylic acids is 7. The van der Waals surface area contributed by atoms with Crippen LogP contribution in [0.5, 0.6) is 0 Å². The molecule has 0 fully saturated rings. The van der Waals surface area contributed by atoms with Crippen molar-refractivity contribution in [2.75, 3.05) is 38.2 Å². The molecule has 23 nitrogen and oxygen atoms in total. The van der Waals surface area contributed by atoms with Crippen molar-refractivity contribution in [3.63, 3.8) is 0 Å². The Balaban J connectivity index is 2.97. The Morgan fingerprint density at radius 3 is 1.98 bits per heavy atom. The molecular formula is C35H62N14O9S. The molecule has 0 spiro atoms. The van der Waals surface area contributed by atoms with Gasteiger partial charge >= 0.3 is 5.97 Å². The maximum Gasteiger partial charge on any atom is 0.326 e. The van der Waals surface area contributed by atoms with E-state index in [-0.39, 0.29) is 38.2 Å². The van der Waals surface area contributed by atoms with E-state index in [1.165, 1.54) is 31.2 Å². The Bertz CT molecular complexity index is 1560. The average Bonchev–Trinajstić information content (AvgIpc) is 3.70. The molecular weight excluding hydrogens is 793 g/mol. The number of hydrogen-bond donors (Lipinski definition) is 13. The minimum atomic E-state index is -1.26. The molecule has 0 aliphatic rings. The first-order chi connectivity index (χ1) is 27.9. The number of aromatic nitrogens is 2. The molecule has 0 aromatic carbocycles. The third-order valence-corrected chi connectivity index (χ3v) is 9.25. The van der Waals surface area contributed by atoms with Crippen LogP contribution in [0.3, 0.4) is 0 Å². The van der Waals surface area contributed by atoms with Gasteiger partial charge in [-0.05, 0) is 69.9 Å². The van der Waals surface area contributed by atoms with E-state index in [0.717, 1.165) is 0 Å². The zero-order valence-corrected chi connectivity index (χ0v) is 34.8. The number of carboxylic acid groups (broad SMARTS) is 1. The topological polar surface area (TPSA) is 386 Å². The molecule has 59 heavy (non-hydrogen) atoms. The van der Waals surface area contributed by atoms with Crippen LogP contribution in [0.15, 0.2) is 17.5 Å². The van der Waals surface area contributed by atoms with Gasteiger partial charge in [0, 0.05) is 24.9 Å². The van der Waals surface area contributed by atoms with Crippen LogP contribution in [-0.2, 0) is 44.8 Å². The highest BCUT2D eigenvalue weighted by atomic mass is 32.2. The van der Waals surface area contributed by atoms with Gasteiger partial charge in [0.05, 0.1) is 25.5 Å². The number of rotatable bonds is 29. The van der Waals surface area contributed by atoms with E-state index in [9.17, 15) is 43.5 Å². The van der Waals surface area contributed by atoms with Gasteiger partial charge in [0.2, 0.25) is 41.4 Å². The number of nitrogens with two attached hydrogens (primary N) is 4. The molecule has 6 unspecified atom stereocenters. The van der Waals surface area contributed by atoms with Crippen molar-refractivity contribution in [3.8, 4) is 0 Å². The van der Waals surface area contributed by atoms with Gasteiger partial charge in [-0.15, -0.1) is 0 Å². The zero-order chi connectivity index (χ0) is 44.5. The van der Waals surface area contributed by atoms with Crippen LogP contribution < -0.4 is 60.2 Å². The summed E-state index contributed by atoms with van der Waals surface area (Å²) in [5.41, 5.74) is 22.8. The summed E-state index contributed by atoms with van der Waals surface area (Å²) in [5, 5.41) is 26.7. The van der Waals surface area contributed by atoms with E-state index < -0.39 is 103 Å². The summed E-state index contributed by atoms with van der Waals surface area (Å²) in [7, 11) is 0. The number of hydrogen-bond acceptors (Lipinski definition) is 13. The van der Waals surface area contributed by atoms with Crippen molar-refractivity contribution in [2.45, 2.75) is 102 Å². The number of carbonyl (C=O) groups is 8. The number of nitrogens with zero attached hydrogens (tertiary/aromatic N) is 2. The van der Waals surface area contributed by atoms with Gasteiger partial charge < -0.3 is 70.2 Å². The van der Waals surface area contributed by atoms with Gasteiger partial charge in [-0.25, -0.2) is 9.78 Å². The van der Waals surface area contributed by atoms with E-state index in [1.807, 2.05) is 6.26 Å². The second-order valence-corrected chi connectivity index (χ2v) is 14.9. The highest BCUT2D eigenvalue weighted by molar-refractivity contribution is 7.98. The Morgan fingerprint density at radius 1 is 0.780 bits per heavy atom. The van der Waals surface area contributed by atoms with Crippen molar-refractivity contribution in [1.29, 1.82) is 0 Å². The Morgan fingerprint density at radius 2 is 1.41 bits per heavy atom. The zero-order valence-electron chi connectivity index (χ0n) is 34.0. The Hall–Kier alpha value is -5.49. The molecule has 1 rings (SSSR count). The van der Waals surface area contributed by atoms with Gasteiger partial charge in [-0.2, -0.15) is 11.8 Å². The van der Waals surface area contributed by atoms with Gasteiger partial charge in [-0.1, -0.05) is 13.8 Å². The molecule has 0 aliphatic carbocycles. The molecule has 0 saturated heterocycles. The van der Waals surface area contributed by atoms with Crippen LogP contribution in [0.2, 0.25) is 0 Å². The summed E-state index contributed by atoms with van der Waals surface area (Å²) < 4.78 is 0. The van der Waals surface area contributed by atoms with Crippen molar-refractivity contribution in [1.82, 2.24) is 47.2 Å². The predicted molar refractivity (Wildman–Crippen MR) is 220 cm³/mol. The lowest BCUT2D eigenvalue weighted by Gasteiger charge is -2.26. The number of imidazole rings is 1. The first kappa shape index (κ1) is 51.5. The lowest BCUT2D eigenvalue weighted by molar-refractivity contribution is -0.143. The van der Waals surface area contributed by atoms with Crippen LogP contribution in [-0.4, -0.2) is 143 Å². The van der Waals surface area contributed by atoms with E-state index >= 15 is 0 Å². The number of aliphatic imine (C=N–C) groups is 1. The van der Waals surface area contributed by atoms with E-state index in [4.69, 9.17) is 22.9 Å². The maximum atomic E-state index is 13.7. The minimum Gasteiger partial charge on any atom is -0.480 e. The molecule has 0 radical (unpaired) electrons. The highest BCUT2D eigenvalue weighted by Gasteiger charge is 2.31. The van der Waals surface area contributed by atoms with Crippen molar-refractivity contribution < 1.29 is 43.5 Å². The number of unbranched alkanes of at least 4 members (excludes halogenated alkanes) is 1. The molecule has 7 amide bonds. The van der Waals surface area contributed by atoms with E-state index in [0.29, 0.717) is 37.3 Å². The number of carboxylic acids is 1. The molecule has 6 atom stereocenters. The molecule has 17 N–H and O–H groups in total. The predicted octanol–water partition coefficient (Wildman–Crippen LogP) is -4.37. The van der Waals surface area contributed by atoms with Crippen LogP contribution in [0.1, 0.15) is 65.0 Å². The lowest BCUT2D eigenvalue weighted by Crippen LogP contribution is -2.58. The third-order valence-electron chi connectivity index (χ3n) is 8.61. The molecule has 0 bridgehead atoms. The summed E-state index contributed by atoms with van der Waals surface area (Å²) >= 11 is 1.42. The van der Waals surface area contributed by atoms with Crippen LogP contribution in [0.4, 0.5) is 0 Å². The van der Waals surface area contributed by atoms with Gasteiger partial charge in [0.15, 0.2) is 5.96 Å². The number of H-pyrrole nitrogens is 1. The number of thioether (sulfide) groups is 1. The van der Waals surface area contributed by atoms with Crippen molar-refractivity contribution in [2.24, 2.45) is 33.8 Å². The maximum absolute atomic E-state index is 13.7. The quantitative estimate of drug-likeness (QED) is 0.0206. The first-order valence-electron chi connectivity index (χ1n) is 19.1. The number of nitrogens with one attached hydrogen (secondary N) is 8. The molecule has 1 aromatic rings. The molecule has 1 heterocycles. The van der Waals surface area contributed by atoms with E-state index in [2.05, 4.69) is 52.2 Å².